The van der Waals surface area contributed by atoms with Crippen LogP contribution in [-0.4, -0.2) is 36.8 Å². The molecule has 0 radical (unpaired) electrons. The van der Waals surface area contributed by atoms with Crippen LogP contribution < -0.4 is 10.1 Å². The molecule has 0 aromatic heterocycles. The van der Waals surface area contributed by atoms with Crippen LogP contribution in [0.2, 0.25) is 0 Å². The third-order valence-electron chi connectivity index (χ3n) is 3.29. The van der Waals surface area contributed by atoms with Gasteiger partial charge in [-0.3, -0.25) is 19.7 Å². The van der Waals surface area contributed by atoms with Crippen molar-refractivity contribution in [2.45, 2.75) is 0 Å². The minimum Gasteiger partial charge on any atom is -0.496 e. The van der Waals surface area contributed by atoms with Crippen LogP contribution in [0.1, 0.15) is 20.7 Å². The molecule has 0 unspecified atom stereocenters. The number of nitrogens with zero attached hydrogens (tertiary/aromatic N) is 1. The highest BCUT2D eigenvalue weighted by Crippen LogP contribution is 2.28. The highest BCUT2D eigenvalue weighted by Gasteiger charge is 2.18. The number of esters is 1. The van der Waals surface area contributed by atoms with Gasteiger partial charge in [-0.1, -0.05) is 12.1 Å². The van der Waals surface area contributed by atoms with Crippen LogP contribution in [0, 0.1) is 10.1 Å². The summed E-state index contributed by atoms with van der Waals surface area (Å²) in [5.41, 5.74) is 0.158. The number of anilines is 1. The zero-order valence-electron chi connectivity index (χ0n) is 13.6. The third kappa shape index (κ3) is 4.63. The molecule has 0 saturated carbocycles. The Bertz CT molecular complexity index is 847. The van der Waals surface area contributed by atoms with Crippen molar-refractivity contribution in [2.24, 2.45) is 0 Å². The first-order valence-corrected chi connectivity index (χ1v) is 7.29. The zero-order chi connectivity index (χ0) is 19.1. The molecule has 0 atom stereocenters. The van der Waals surface area contributed by atoms with Crippen molar-refractivity contribution < 1.29 is 28.8 Å². The summed E-state index contributed by atoms with van der Waals surface area (Å²) in [7, 11) is 1.36. The largest absolute Gasteiger partial charge is 0.496 e. The minimum absolute atomic E-state index is 0.0489. The summed E-state index contributed by atoms with van der Waals surface area (Å²) in [5.74, 6) is -1.24. The molecule has 26 heavy (non-hydrogen) atoms. The van der Waals surface area contributed by atoms with Crippen molar-refractivity contribution in [1.82, 2.24) is 0 Å². The molecule has 2 aromatic rings. The average molecular weight is 358 g/mol. The molecule has 9 nitrogen and oxygen atoms in total. The van der Waals surface area contributed by atoms with Crippen molar-refractivity contribution in [2.75, 3.05) is 19.0 Å². The molecule has 0 heterocycles. The predicted molar refractivity (Wildman–Crippen MR) is 90.4 cm³/mol. The summed E-state index contributed by atoms with van der Waals surface area (Å²) in [4.78, 5) is 44.7. The lowest BCUT2D eigenvalue weighted by Gasteiger charge is -2.08. The Kier molecular flexibility index (Phi) is 5.99. The molecule has 0 fully saturated rings. The number of carbonyl (C=O) groups is 3. The van der Waals surface area contributed by atoms with Gasteiger partial charge in [0.05, 0.1) is 23.7 Å². The first-order valence-electron chi connectivity index (χ1n) is 7.29. The van der Waals surface area contributed by atoms with Gasteiger partial charge in [-0.05, 0) is 24.3 Å². The lowest BCUT2D eigenvalue weighted by atomic mass is 10.1. The number of amides is 1. The van der Waals surface area contributed by atoms with Gasteiger partial charge in [0.2, 0.25) is 0 Å². The van der Waals surface area contributed by atoms with Gasteiger partial charge in [-0.2, -0.15) is 0 Å². The van der Waals surface area contributed by atoms with Crippen molar-refractivity contribution in [3.8, 4) is 5.75 Å². The van der Waals surface area contributed by atoms with E-state index < -0.39 is 23.4 Å². The summed E-state index contributed by atoms with van der Waals surface area (Å²) >= 11 is 0. The van der Waals surface area contributed by atoms with Crippen LogP contribution in [0.4, 0.5) is 11.4 Å². The predicted octanol–water partition coefficient (Wildman–Crippen LogP) is 2.21. The van der Waals surface area contributed by atoms with Crippen molar-refractivity contribution >= 4 is 29.5 Å². The van der Waals surface area contributed by atoms with Crippen molar-refractivity contribution in [3.63, 3.8) is 0 Å². The number of benzene rings is 2. The lowest BCUT2D eigenvalue weighted by molar-refractivity contribution is -0.384. The second kappa shape index (κ2) is 8.38. The lowest BCUT2D eigenvalue weighted by Crippen LogP contribution is -2.21. The second-order valence-corrected chi connectivity index (χ2v) is 5.00. The maximum absolute atomic E-state index is 11.9. The molecular weight excluding hydrogens is 344 g/mol. The van der Waals surface area contributed by atoms with Crippen LogP contribution in [0.25, 0.3) is 0 Å². The van der Waals surface area contributed by atoms with Crippen LogP contribution in [0.5, 0.6) is 5.75 Å². The fourth-order valence-corrected chi connectivity index (χ4v) is 1.99. The van der Waals surface area contributed by atoms with Crippen LogP contribution >= 0.6 is 0 Å². The summed E-state index contributed by atoms with van der Waals surface area (Å²) in [6, 6.07) is 9.57. The molecule has 134 valence electrons. The number of hydrogen-bond donors (Lipinski definition) is 1. The number of nitro groups is 1. The van der Waals surface area contributed by atoms with Gasteiger partial charge < -0.3 is 14.8 Å². The van der Waals surface area contributed by atoms with E-state index in [-0.39, 0.29) is 22.7 Å². The summed E-state index contributed by atoms with van der Waals surface area (Å²) in [5, 5.41) is 13.4. The van der Waals surface area contributed by atoms with Gasteiger partial charge in [0.15, 0.2) is 6.61 Å². The van der Waals surface area contributed by atoms with Gasteiger partial charge in [-0.15, -0.1) is 0 Å². The van der Waals surface area contributed by atoms with E-state index in [2.05, 4.69) is 5.32 Å². The Labute approximate surface area is 147 Å². The number of hydrogen-bond acceptors (Lipinski definition) is 7. The summed E-state index contributed by atoms with van der Waals surface area (Å²) in [6.45, 7) is -0.628. The summed E-state index contributed by atoms with van der Waals surface area (Å²) in [6.07, 6.45) is 0.629. The molecule has 2 aromatic carbocycles. The minimum atomic E-state index is -0.762. The smallest absolute Gasteiger partial charge is 0.338 e. The van der Waals surface area contributed by atoms with E-state index in [1.54, 1.807) is 0 Å². The zero-order valence-corrected chi connectivity index (χ0v) is 13.6. The molecular formula is C17H14N2O7. The molecule has 9 heteroatoms. The van der Waals surface area contributed by atoms with Crippen LogP contribution in [0.15, 0.2) is 42.5 Å². The van der Waals surface area contributed by atoms with Gasteiger partial charge in [0.1, 0.15) is 17.7 Å². The van der Waals surface area contributed by atoms with Crippen LogP contribution in [0.3, 0.4) is 0 Å². The van der Waals surface area contributed by atoms with Crippen molar-refractivity contribution in [3.05, 3.63) is 63.7 Å². The maximum Gasteiger partial charge on any atom is 0.338 e. The van der Waals surface area contributed by atoms with E-state index >= 15 is 0 Å². The van der Waals surface area contributed by atoms with Gasteiger partial charge in [0, 0.05) is 5.56 Å². The topological polar surface area (TPSA) is 125 Å². The fourth-order valence-electron chi connectivity index (χ4n) is 1.99. The second-order valence-electron chi connectivity index (χ2n) is 5.00. The maximum atomic E-state index is 11.9. The van der Waals surface area contributed by atoms with Gasteiger partial charge >= 0.3 is 5.97 Å². The monoisotopic (exact) mass is 358 g/mol. The molecule has 0 aliphatic carbocycles. The van der Waals surface area contributed by atoms with E-state index in [9.17, 15) is 24.5 Å². The Balaban J connectivity index is 1.99. The molecule has 1 amide bonds. The quantitative estimate of drug-likeness (QED) is 0.348. The Morgan fingerprint density at radius 2 is 1.88 bits per heavy atom. The molecule has 2 rings (SSSR count). The Morgan fingerprint density at radius 1 is 1.19 bits per heavy atom. The summed E-state index contributed by atoms with van der Waals surface area (Å²) < 4.78 is 9.75. The number of ether oxygens (including phenoxy) is 2. The SMILES string of the molecule is COc1ccc(NC(=O)COC(=O)c2ccc(C=O)cc2)c([N+](=O)[O-])c1. The van der Waals surface area contributed by atoms with E-state index in [4.69, 9.17) is 9.47 Å². The normalized spacial score (nSPS) is 9.88. The molecule has 0 aliphatic heterocycles. The average Bonchev–Trinajstić information content (AvgIpc) is 2.66. The number of aldehydes is 1. The molecule has 1 N–H and O–H groups in total. The van der Waals surface area contributed by atoms with E-state index in [0.29, 0.717) is 11.8 Å². The molecule has 0 bridgehead atoms. The van der Waals surface area contributed by atoms with Gasteiger partial charge in [-0.25, -0.2) is 4.79 Å². The van der Waals surface area contributed by atoms with Crippen LogP contribution in [-0.2, 0) is 9.53 Å². The first kappa shape index (κ1) is 18.6. The Hall–Kier alpha value is -3.75. The molecule has 0 spiro atoms. The standard InChI is InChI=1S/C17H14N2O7/c1-25-13-6-7-14(15(8-13)19(23)24)18-16(21)10-26-17(22)12-4-2-11(9-20)3-5-12/h2-9H,10H2,1H3,(H,18,21). The number of rotatable bonds is 7. The number of nitro benzene ring substituents is 1. The van der Waals surface area contributed by atoms with E-state index in [1.165, 1.54) is 43.5 Å². The van der Waals surface area contributed by atoms with E-state index in [1.807, 2.05) is 0 Å². The number of methoxy groups -OCH3 is 1. The number of carbonyl (C=O) groups excluding carboxylic acids is 3. The first-order chi connectivity index (χ1) is 12.4. The van der Waals surface area contributed by atoms with E-state index in [0.717, 1.165) is 6.07 Å². The molecule has 0 saturated heterocycles. The third-order valence-corrected chi connectivity index (χ3v) is 3.29. The van der Waals surface area contributed by atoms with Gasteiger partial charge in [0.25, 0.3) is 11.6 Å². The fraction of sp³-hybridized carbons (Fsp3) is 0.118. The molecule has 0 aliphatic rings. The van der Waals surface area contributed by atoms with Crippen molar-refractivity contribution in [1.29, 1.82) is 0 Å². The highest BCUT2D eigenvalue weighted by atomic mass is 16.6. The Morgan fingerprint density at radius 3 is 2.46 bits per heavy atom. The number of nitrogens with one attached hydrogen (secondary N) is 1. The highest BCUT2D eigenvalue weighted by molar-refractivity contribution is 5.97.